The van der Waals surface area contributed by atoms with Gasteiger partial charge < -0.3 is 5.32 Å². The molecule has 0 aliphatic heterocycles. The Bertz CT molecular complexity index is 394. The Labute approximate surface area is 111 Å². The highest BCUT2D eigenvalue weighted by atomic mass is 14.9. The van der Waals surface area contributed by atoms with E-state index in [0.29, 0.717) is 12.1 Å². The summed E-state index contributed by atoms with van der Waals surface area (Å²) in [5.74, 6) is 1.02. The number of hydrogen-bond acceptors (Lipinski definition) is 1. The Kier molecular flexibility index (Phi) is 3.69. The van der Waals surface area contributed by atoms with E-state index in [1.807, 2.05) is 0 Å². The normalized spacial score (nSPS) is 25.3. The third-order valence-corrected chi connectivity index (χ3v) is 4.78. The zero-order valence-corrected chi connectivity index (χ0v) is 11.5. The lowest BCUT2D eigenvalue weighted by atomic mass is 9.80. The third-order valence-electron chi connectivity index (χ3n) is 4.78. The second kappa shape index (κ2) is 5.44. The average Bonchev–Trinajstić information content (AvgIpc) is 2.34. The topological polar surface area (TPSA) is 12.0 Å². The molecule has 3 rings (SSSR count). The van der Waals surface area contributed by atoms with Crippen LogP contribution in [-0.2, 0) is 12.8 Å². The van der Waals surface area contributed by atoms with Crippen LogP contribution in [-0.4, -0.2) is 12.1 Å². The molecule has 2 aliphatic rings. The monoisotopic (exact) mass is 243 g/mol. The van der Waals surface area contributed by atoms with E-state index in [4.69, 9.17) is 0 Å². The largest absolute Gasteiger partial charge is 0.311 e. The molecule has 2 atom stereocenters. The van der Waals surface area contributed by atoms with Crippen molar-refractivity contribution in [3.63, 3.8) is 0 Å². The van der Waals surface area contributed by atoms with E-state index in [0.717, 1.165) is 5.92 Å². The highest BCUT2D eigenvalue weighted by Crippen LogP contribution is 2.30. The van der Waals surface area contributed by atoms with Crippen LogP contribution in [0, 0.1) is 5.92 Å². The number of aryl methyl sites for hydroxylation is 1. The van der Waals surface area contributed by atoms with Crippen LogP contribution >= 0.6 is 0 Å². The van der Waals surface area contributed by atoms with Crippen LogP contribution in [0.25, 0.3) is 0 Å². The van der Waals surface area contributed by atoms with Gasteiger partial charge in [-0.25, -0.2) is 0 Å². The summed E-state index contributed by atoms with van der Waals surface area (Å²) in [6.07, 6.45) is 9.59. The summed E-state index contributed by atoms with van der Waals surface area (Å²) < 4.78 is 0. The summed E-state index contributed by atoms with van der Waals surface area (Å²) >= 11 is 0. The fourth-order valence-corrected chi connectivity index (χ4v) is 3.54. The Morgan fingerprint density at radius 1 is 1.17 bits per heavy atom. The molecule has 0 spiro atoms. The van der Waals surface area contributed by atoms with Gasteiger partial charge in [-0.2, -0.15) is 0 Å². The van der Waals surface area contributed by atoms with Gasteiger partial charge in [-0.1, -0.05) is 43.5 Å². The van der Waals surface area contributed by atoms with Crippen molar-refractivity contribution in [1.29, 1.82) is 0 Å². The van der Waals surface area contributed by atoms with E-state index in [9.17, 15) is 0 Å². The van der Waals surface area contributed by atoms with E-state index in [-0.39, 0.29) is 0 Å². The summed E-state index contributed by atoms with van der Waals surface area (Å²) in [6.45, 7) is 2.37. The van der Waals surface area contributed by atoms with Gasteiger partial charge in [0.25, 0.3) is 0 Å². The predicted molar refractivity (Wildman–Crippen MR) is 76.8 cm³/mol. The molecule has 0 amide bonds. The van der Waals surface area contributed by atoms with E-state index >= 15 is 0 Å². The average molecular weight is 243 g/mol. The molecule has 0 saturated heterocycles. The second-order valence-electron chi connectivity index (χ2n) is 6.31. The molecule has 1 aromatic carbocycles. The maximum atomic E-state index is 3.86. The second-order valence-corrected chi connectivity index (χ2v) is 6.31. The van der Waals surface area contributed by atoms with Gasteiger partial charge in [0.05, 0.1) is 0 Å². The first kappa shape index (κ1) is 12.2. The number of benzene rings is 1. The minimum absolute atomic E-state index is 0.700. The van der Waals surface area contributed by atoms with Crippen LogP contribution in [0.5, 0.6) is 0 Å². The van der Waals surface area contributed by atoms with Gasteiger partial charge in [0.1, 0.15) is 0 Å². The van der Waals surface area contributed by atoms with Gasteiger partial charge in [-0.15, -0.1) is 0 Å². The maximum Gasteiger partial charge on any atom is 0.0113 e. The number of fused-ring (bicyclic) bond motifs is 1. The highest BCUT2D eigenvalue weighted by Gasteiger charge is 2.23. The molecule has 1 aromatic rings. The quantitative estimate of drug-likeness (QED) is 0.850. The van der Waals surface area contributed by atoms with Crippen LogP contribution in [0.1, 0.15) is 50.2 Å². The minimum Gasteiger partial charge on any atom is -0.311 e. The standard InChI is InChI=1S/C17H25N/c1-13(11-14-5-4-6-14)18-17-10-9-15-7-2-3-8-16(15)12-17/h2-3,7-8,13-14,17-18H,4-6,9-12H2,1H3. The van der Waals surface area contributed by atoms with Gasteiger partial charge in [0, 0.05) is 12.1 Å². The highest BCUT2D eigenvalue weighted by molar-refractivity contribution is 5.30. The molecule has 1 N–H and O–H groups in total. The summed E-state index contributed by atoms with van der Waals surface area (Å²) in [4.78, 5) is 0. The molecule has 98 valence electrons. The van der Waals surface area contributed by atoms with Gasteiger partial charge >= 0.3 is 0 Å². The van der Waals surface area contributed by atoms with Crippen LogP contribution in [0.15, 0.2) is 24.3 Å². The lowest BCUT2D eigenvalue weighted by Crippen LogP contribution is -2.41. The van der Waals surface area contributed by atoms with E-state index in [2.05, 4.69) is 36.5 Å². The van der Waals surface area contributed by atoms with Gasteiger partial charge in [0.15, 0.2) is 0 Å². The Balaban J connectivity index is 1.52. The first-order valence-corrected chi connectivity index (χ1v) is 7.64. The molecule has 0 heterocycles. The van der Waals surface area contributed by atoms with Crippen molar-refractivity contribution < 1.29 is 0 Å². The molecule has 18 heavy (non-hydrogen) atoms. The van der Waals surface area contributed by atoms with Crippen molar-refractivity contribution in [2.75, 3.05) is 0 Å². The Hall–Kier alpha value is -0.820. The van der Waals surface area contributed by atoms with E-state index < -0.39 is 0 Å². The van der Waals surface area contributed by atoms with Gasteiger partial charge in [0.2, 0.25) is 0 Å². The summed E-state index contributed by atoms with van der Waals surface area (Å²) in [7, 11) is 0. The van der Waals surface area contributed by atoms with Crippen LogP contribution < -0.4 is 5.32 Å². The third kappa shape index (κ3) is 2.77. The fraction of sp³-hybridized carbons (Fsp3) is 0.647. The van der Waals surface area contributed by atoms with Crippen LogP contribution in [0.3, 0.4) is 0 Å². The Morgan fingerprint density at radius 3 is 2.67 bits per heavy atom. The molecule has 0 radical (unpaired) electrons. The summed E-state index contributed by atoms with van der Waals surface area (Å²) in [5, 5.41) is 3.86. The predicted octanol–water partition coefficient (Wildman–Crippen LogP) is 3.71. The molecular formula is C17H25N. The zero-order chi connectivity index (χ0) is 12.4. The van der Waals surface area contributed by atoms with Crippen LogP contribution in [0.2, 0.25) is 0 Å². The molecular weight excluding hydrogens is 218 g/mol. The summed E-state index contributed by atoms with van der Waals surface area (Å²) in [6, 6.07) is 10.4. The molecule has 0 aromatic heterocycles. The molecule has 1 fully saturated rings. The lowest BCUT2D eigenvalue weighted by Gasteiger charge is -2.32. The molecule has 2 unspecified atom stereocenters. The van der Waals surface area contributed by atoms with Crippen molar-refractivity contribution in [3.8, 4) is 0 Å². The SMILES string of the molecule is CC(CC1CCC1)NC1CCc2ccccc2C1. The molecule has 2 aliphatic carbocycles. The van der Waals surface area contributed by atoms with Crippen molar-refractivity contribution in [3.05, 3.63) is 35.4 Å². The zero-order valence-electron chi connectivity index (χ0n) is 11.5. The number of rotatable bonds is 4. The van der Waals surface area contributed by atoms with E-state index in [1.54, 1.807) is 11.1 Å². The van der Waals surface area contributed by atoms with Crippen molar-refractivity contribution in [1.82, 2.24) is 5.32 Å². The first-order valence-electron chi connectivity index (χ1n) is 7.64. The maximum absolute atomic E-state index is 3.86. The lowest BCUT2D eigenvalue weighted by molar-refractivity contribution is 0.253. The van der Waals surface area contributed by atoms with Crippen molar-refractivity contribution >= 4 is 0 Å². The molecule has 1 nitrogen and oxygen atoms in total. The molecule has 1 heteroatoms. The van der Waals surface area contributed by atoms with E-state index in [1.165, 1.54) is 44.9 Å². The first-order chi connectivity index (χ1) is 8.81. The van der Waals surface area contributed by atoms with Crippen molar-refractivity contribution in [2.24, 2.45) is 5.92 Å². The molecule has 1 saturated carbocycles. The van der Waals surface area contributed by atoms with Gasteiger partial charge in [-0.05, 0) is 49.7 Å². The molecule has 0 bridgehead atoms. The minimum atomic E-state index is 0.700. The van der Waals surface area contributed by atoms with Crippen molar-refractivity contribution in [2.45, 2.75) is 64.0 Å². The number of hydrogen-bond donors (Lipinski definition) is 1. The Morgan fingerprint density at radius 2 is 1.94 bits per heavy atom. The smallest absolute Gasteiger partial charge is 0.0113 e. The fourth-order valence-electron chi connectivity index (χ4n) is 3.54. The summed E-state index contributed by atoms with van der Waals surface area (Å²) in [5.41, 5.74) is 3.14. The number of nitrogens with one attached hydrogen (secondary N) is 1. The van der Waals surface area contributed by atoms with Crippen LogP contribution in [0.4, 0.5) is 0 Å². The van der Waals surface area contributed by atoms with Gasteiger partial charge in [-0.3, -0.25) is 0 Å².